The third-order valence-electron chi connectivity index (χ3n) is 4.42. The Bertz CT molecular complexity index is 935. The summed E-state index contributed by atoms with van der Waals surface area (Å²) in [6, 6.07) is 25.1. The summed E-state index contributed by atoms with van der Waals surface area (Å²) in [5.41, 5.74) is 3.98. The average molecular weight is 389 g/mol. The Labute approximate surface area is 170 Å². The molecule has 1 amide bonds. The number of benzene rings is 3. The highest BCUT2D eigenvalue weighted by Crippen LogP contribution is 2.19. The Morgan fingerprint density at radius 3 is 2.07 bits per heavy atom. The third kappa shape index (κ3) is 6.21. The summed E-state index contributed by atoms with van der Waals surface area (Å²) in [5, 5.41) is 2.72. The molecular weight excluding hydrogens is 366 g/mol. The van der Waals surface area contributed by atoms with Gasteiger partial charge in [-0.25, -0.2) is 0 Å². The molecule has 0 atom stereocenters. The van der Waals surface area contributed by atoms with E-state index < -0.39 is 5.97 Å². The quantitative estimate of drug-likeness (QED) is 0.596. The highest BCUT2D eigenvalue weighted by atomic mass is 16.5. The van der Waals surface area contributed by atoms with Crippen molar-refractivity contribution in [3.05, 3.63) is 90.0 Å². The van der Waals surface area contributed by atoms with Crippen LogP contribution in [0.25, 0.3) is 11.1 Å². The molecular formula is C24H23NO4. The summed E-state index contributed by atoms with van der Waals surface area (Å²) < 4.78 is 10.2. The van der Waals surface area contributed by atoms with Crippen LogP contribution < -0.4 is 10.1 Å². The van der Waals surface area contributed by atoms with Gasteiger partial charge in [0, 0.05) is 6.54 Å². The van der Waals surface area contributed by atoms with Gasteiger partial charge < -0.3 is 14.8 Å². The molecule has 1 N–H and O–H groups in total. The van der Waals surface area contributed by atoms with E-state index >= 15 is 0 Å². The molecule has 0 heterocycles. The van der Waals surface area contributed by atoms with Crippen molar-refractivity contribution < 1.29 is 19.1 Å². The van der Waals surface area contributed by atoms with Crippen LogP contribution in [-0.4, -0.2) is 25.6 Å². The lowest BCUT2D eigenvalue weighted by atomic mass is 10.0. The summed E-state index contributed by atoms with van der Waals surface area (Å²) in [7, 11) is 1.60. The normalized spacial score (nSPS) is 10.2. The molecule has 0 saturated heterocycles. The molecule has 0 saturated carbocycles. The predicted octanol–water partition coefficient (Wildman–Crippen LogP) is 3.76. The second-order valence-corrected chi connectivity index (χ2v) is 6.53. The van der Waals surface area contributed by atoms with Crippen LogP contribution >= 0.6 is 0 Å². The average Bonchev–Trinajstić information content (AvgIpc) is 2.78. The van der Waals surface area contributed by atoms with Gasteiger partial charge in [-0.2, -0.15) is 0 Å². The minimum atomic E-state index is -0.433. The molecule has 0 aromatic heterocycles. The Morgan fingerprint density at radius 2 is 1.41 bits per heavy atom. The van der Waals surface area contributed by atoms with E-state index in [1.807, 2.05) is 78.9 Å². The zero-order valence-electron chi connectivity index (χ0n) is 16.3. The van der Waals surface area contributed by atoms with Crippen molar-refractivity contribution in [1.82, 2.24) is 5.32 Å². The van der Waals surface area contributed by atoms with Gasteiger partial charge >= 0.3 is 5.97 Å². The maximum Gasteiger partial charge on any atom is 0.310 e. The Balaban J connectivity index is 1.41. The number of rotatable bonds is 8. The van der Waals surface area contributed by atoms with Gasteiger partial charge in [-0.05, 0) is 34.4 Å². The van der Waals surface area contributed by atoms with E-state index in [9.17, 15) is 9.59 Å². The van der Waals surface area contributed by atoms with Crippen LogP contribution in [0.2, 0.25) is 0 Å². The van der Waals surface area contributed by atoms with Gasteiger partial charge in [0.15, 0.2) is 6.61 Å². The second kappa shape index (κ2) is 10.1. The Morgan fingerprint density at radius 1 is 0.793 bits per heavy atom. The first-order valence-corrected chi connectivity index (χ1v) is 9.33. The summed E-state index contributed by atoms with van der Waals surface area (Å²) in [5.74, 6) is -0.0172. The van der Waals surface area contributed by atoms with E-state index in [0.29, 0.717) is 6.54 Å². The van der Waals surface area contributed by atoms with E-state index in [1.54, 1.807) is 7.11 Å². The second-order valence-electron chi connectivity index (χ2n) is 6.53. The first-order chi connectivity index (χ1) is 14.1. The van der Waals surface area contributed by atoms with Gasteiger partial charge in [0.2, 0.25) is 0 Å². The van der Waals surface area contributed by atoms with Crippen LogP contribution in [0.1, 0.15) is 11.1 Å². The zero-order valence-corrected chi connectivity index (χ0v) is 16.3. The van der Waals surface area contributed by atoms with Crippen LogP contribution in [0.5, 0.6) is 5.75 Å². The van der Waals surface area contributed by atoms with Gasteiger partial charge in [-0.1, -0.05) is 66.7 Å². The number of amides is 1. The molecule has 148 valence electrons. The minimum absolute atomic E-state index is 0.126. The van der Waals surface area contributed by atoms with Crippen molar-refractivity contribution >= 4 is 11.9 Å². The molecule has 0 unspecified atom stereocenters. The van der Waals surface area contributed by atoms with Gasteiger partial charge in [0.05, 0.1) is 13.5 Å². The smallest absolute Gasteiger partial charge is 0.310 e. The molecule has 0 aliphatic carbocycles. The standard InChI is InChI=1S/C24H23NO4/c1-28-22-13-9-19(10-14-22)16-25-23(26)17-29-24(27)15-18-7-11-21(12-8-18)20-5-3-2-4-6-20/h2-14H,15-17H2,1H3,(H,25,26). The SMILES string of the molecule is COc1ccc(CNC(=O)COC(=O)Cc2ccc(-c3ccccc3)cc2)cc1. The molecule has 5 heteroatoms. The third-order valence-corrected chi connectivity index (χ3v) is 4.42. The van der Waals surface area contributed by atoms with Crippen LogP contribution in [-0.2, 0) is 27.3 Å². The van der Waals surface area contributed by atoms with E-state index in [0.717, 1.165) is 28.0 Å². The van der Waals surface area contributed by atoms with Crippen LogP contribution in [0.4, 0.5) is 0 Å². The molecule has 3 aromatic rings. The van der Waals surface area contributed by atoms with Gasteiger partial charge in [0.1, 0.15) is 5.75 Å². The van der Waals surface area contributed by atoms with Crippen molar-refractivity contribution in [2.45, 2.75) is 13.0 Å². The molecule has 5 nitrogen and oxygen atoms in total. The van der Waals surface area contributed by atoms with Crippen LogP contribution in [0.15, 0.2) is 78.9 Å². The van der Waals surface area contributed by atoms with E-state index in [4.69, 9.17) is 9.47 Å². The number of hydrogen-bond donors (Lipinski definition) is 1. The van der Waals surface area contributed by atoms with Gasteiger partial charge in [-0.15, -0.1) is 0 Å². The highest BCUT2D eigenvalue weighted by Gasteiger charge is 2.09. The summed E-state index contributed by atoms with van der Waals surface area (Å²) in [6.45, 7) is 0.0679. The van der Waals surface area contributed by atoms with E-state index in [-0.39, 0.29) is 18.9 Å². The fraction of sp³-hybridized carbons (Fsp3) is 0.167. The Kier molecular flexibility index (Phi) is 7.00. The zero-order chi connectivity index (χ0) is 20.5. The summed E-state index contributed by atoms with van der Waals surface area (Å²) in [6.07, 6.45) is 0.126. The van der Waals surface area contributed by atoms with Crippen LogP contribution in [0.3, 0.4) is 0 Å². The van der Waals surface area contributed by atoms with Crippen molar-refractivity contribution in [3.8, 4) is 16.9 Å². The predicted molar refractivity (Wildman–Crippen MR) is 111 cm³/mol. The number of esters is 1. The van der Waals surface area contributed by atoms with Crippen molar-refractivity contribution in [3.63, 3.8) is 0 Å². The molecule has 0 aliphatic heterocycles. The maximum atomic E-state index is 12.0. The number of carbonyl (C=O) groups excluding carboxylic acids is 2. The minimum Gasteiger partial charge on any atom is -0.497 e. The summed E-state index contributed by atoms with van der Waals surface area (Å²) >= 11 is 0. The molecule has 3 rings (SSSR count). The first kappa shape index (κ1) is 20.1. The molecule has 0 radical (unpaired) electrons. The van der Waals surface area contributed by atoms with Crippen molar-refractivity contribution in [2.24, 2.45) is 0 Å². The molecule has 0 fully saturated rings. The topological polar surface area (TPSA) is 64.6 Å². The Hall–Kier alpha value is -3.60. The van der Waals surface area contributed by atoms with Crippen molar-refractivity contribution in [1.29, 1.82) is 0 Å². The maximum absolute atomic E-state index is 12.0. The summed E-state index contributed by atoms with van der Waals surface area (Å²) in [4.78, 5) is 23.9. The molecule has 29 heavy (non-hydrogen) atoms. The lowest BCUT2D eigenvalue weighted by Crippen LogP contribution is -2.28. The lowest BCUT2D eigenvalue weighted by Gasteiger charge is -2.08. The molecule has 0 aliphatic rings. The number of methoxy groups -OCH3 is 1. The highest BCUT2D eigenvalue weighted by molar-refractivity contribution is 5.81. The number of hydrogen-bond acceptors (Lipinski definition) is 4. The van der Waals surface area contributed by atoms with Crippen LogP contribution in [0, 0.1) is 0 Å². The fourth-order valence-electron chi connectivity index (χ4n) is 2.80. The molecule has 3 aromatic carbocycles. The van der Waals surface area contributed by atoms with Crippen molar-refractivity contribution in [2.75, 3.05) is 13.7 Å². The molecule has 0 spiro atoms. The van der Waals surface area contributed by atoms with E-state index in [2.05, 4.69) is 5.32 Å². The van der Waals surface area contributed by atoms with E-state index in [1.165, 1.54) is 0 Å². The fourth-order valence-corrected chi connectivity index (χ4v) is 2.80. The first-order valence-electron chi connectivity index (χ1n) is 9.33. The monoisotopic (exact) mass is 389 g/mol. The van der Waals surface area contributed by atoms with Gasteiger partial charge in [-0.3, -0.25) is 9.59 Å². The number of ether oxygens (including phenoxy) is 2. The number of carbonyl (C=O) groups is 2. The number of nitrogens with one attached hydrogen (secondary N) is 1. The molecule has 0 bridgehead atoms. The lowest BCUT2D eigenvalue weighted by molar-refractivity contribution is -0.147. The largest absolute Gasteiger partial charge is 0.497 e. The van der Waals surface area contributed by atoms with Gasteiger partial charge in [0.25, 0.3) is 5.91 Å².